The fraction of sp³-hybridized carbons (Fsp3) is 0.111. The highest BCUT2D eigenvalue weighted by atomic mass is 35.5. The van der Waals surface area contributed by atoms with Crippen molar-refractivity contribution in [3.63, 3.8) is 0 Å². The summed E-state index contributed by atoms with van der Waals surface area (Å²) in [5.74, 6) is 0. The molecule has 0 amide bonds. The van der Waals surface area contributed by atoms with Crippen LogP contribution in [0.2, 0.25) is 5.02 Å². The standard InChI is InChI=1S/C27H21Cl/c1-27(2)24-11-4-3-9-23(24)26-22(10-6-12-25(26)27)20-8-5-7-19(17-20)18-13-15-21(28)16-14-18/h3-17H,1-2H3. The van der Waals surface area contributed by atoms with E-state index in [2.05, 4.69) is 92.7 Å². The van der Waals surface area contributed by atoms with Crippen LogP contribution in [0.1, 0.15) is 25.0 Å². The quantitative estimate of drug-likeness (QED) is 0.330. The summed E-state index contributed by atoms with van der Waals surface area (Å²) in [5, 5.41) is 0.764. The van der Waals surface area contributed by atoms with Crippen molar-refractivity contribution in [3.8, 4) is 33.4 Å². The molecule has 0 unspecified atom stereocenters. The van der Waals surface area contributed by atoms with E-state index in [0.717, 1.165) is 5.02 Å². The van der Waals surface area contributed by atoms with Crippen molar-refractivity contribution >= 4 is 11.6 Å². The molecule has 5 rings (SSSR count). The second-order valence-corrected chi connectivity index (χ2v) is 8.42. The summed E-state index contributed by atoms with van der Waals surface area (Å²) in [6.07, 6.45) is 0. The monoisotopic (exact) mass is 380 g/mol. The summed E-state index contributed by atoms with van der Waals surface area (Å²) in [7, 11) is 0. The smallest absolute Gasteiger partial charge is 0.0406 e. The topological polar surface area (TPSA) is 0 Å². The van der Waals surface area contributed by atoms with Gasteiger partial charge in [0, 0.05) is 10.4 Å². The Kier molecular flexibility index (Phi) is 3.92. The zero-order valence-electron chi connectivity index (χ0n) is 16.0. The van der Waals surface area contributed by atoms with Crippen LogP contribution in [0.15, 0.2) is 91.0 Å². The third-order valence-corrected chi connectivity index (χ3v) is 6.21. The van der Waals surface area contributed by atoms with Crippen LogP contribution >= 0.6 is 11.6 Å². The van der Waals surface area contributed by atoms with E-state index in [0.29, 0.717) is 0 Å². The molecule has 0 fully saturated rings. The maximum atomic E-state index is 6.06. The van der Waals surface area contributed by atoms with E-state index in [9.17, 15) is 0 Å². The average molecular weight is 381 g/mol. The molecular formula is C27H21Cl. The Bertz CT molecular complexity index is 1180. The van der Waals surface area contributed by atoms with E-state index in [-0.39, 0.29) is 5.41 Å². The number of halogens is 1. The van der Waals surface area contributed by atoms with Crippen molar-refractivity contribution < 1.29 is 0 Å². The lowest BCUT2D eigenvalue weighted by molar-refractivity contribution is 0.660. The van der Waals surface area contributed by atoms with Gasteiger partial charge in [0.15, 0.2) is 0 Å². The van der Waals surface area contributed by atoms with Crippen molar-refractivity contribution in [2.24, 2.45) is 0 Å². The minimum absolute atomic E-state index is 0.0235. The Morgan fingerprint density at radius 1 is 0.571 bits per heavy atom. The molecule has 0 aromatic heterocycles. The number of hydrogen-bond acceptors (Lipinski definition) is 0. The van der Waals surface area contributed by atoms with Crippen LogP contribution in [0, 0.1) is 0 Å². The number of benzene rings is 4. The summed E-state index contributed by atoms with van der Waals surface area (Å²) in [6.45, 7) is 4.65. The second kappa shape index (κ2) is 6.36. The van der Waals surface area contributed by atoms with E-state index >= 15 is 0 Å². The zero-order valence-corrected chi connectivity index (χ0v) is 16.8. The lowest BCUT2D eigenvalue weighted by Gasteiger charge is -2.21. The fourth-order valence-electron chi connectivity index (χ4n) is 4.50. The zero-order chi connectivity index (χ0) is 19.3. The molecule has 1 aliphatic rings. The van der Waals surface area contributed by atoms with Crippen LogP contribution in [0.4, 0.5) is 0 Å². The van der Waals surface area contributed by atoms with Gasteiger partial charge in [0.05, 0.1) is 0 Å². The molecule has 4 aromatic rings. The molecule has 0 nitrogen and oxygen atoms in total. The van der Waals surface area contributed by atoms with Crippen LogP contribution in [-0.4, -0.2) is 0 Å². The summed E-state index contributed by atoms with van der Waals surface area (Å²) < 4.78 is 0. The van der Waals surface area contributed by atoms with Gasteiger partial charge in [-0.05, 0) is 62.7 Å². The molecule has 0 atom stereocenters. The Morgan fingerprint density at radius 2 is 1.21 bits per heavy atom. The Balaban J connectivity index is 1.71. The van der Waals surface area contributed by atoms with E-state index in [1.165, 1.54) is 44.5 Å². The molecule has 0 aliphatic heterocycles. The number of hydrogen-bond donors (Lipinski definition) is 0. The van der Waals surface area contributed by atoms with Crippen LogP contribution < -0.4 is 0 Å². The number of rotatable bonds is 2. The van der Waals surface area contributed by atoms with Gasteiger partial charge in [0.2, 0.25) is 0 Å². The van der Waals surface area contributed by atoms with Gasteiger partial charge < -0.3 is 0 Å². The molecule has 0 heterocycles. The molecule has 0 spiro atoms. The highest BCUT2D eigenvalue weighted by Gasteiger charge is 2.36. The van der Waals surface area contributed by atoms with Crippen molar-refractivity contribution in [2.45, 2.75) is 19.3 Å². The Labute approximate surface area is 171 Å². The summed E-state index contributed by atoms with van der Waals surface area (Å²) >= 11 is 6.06. The van der Waals surface area contributed by atoms with Crippen LogP contribution in [0.25, 0.3) is 33.4 Å². The van der Waals surface area contributed by atoms with E-state index in [1.807, 2.05) is 12.1 Å². The molecule has 136 valence electrons. The third-order valence-electron chi connectivity index (χ3n) is 5.96. The van der Waals surface area contributed by atoms with Gasteiger partial charge in [-0.25, -0.2) is 0 Å². The minimum atomic E-state index is 0.0235. The minimum Gasteiger partial charge on any atom is -0.0843 e. The molecule has 0 bridgehead atoms. The molecule has 0 N–H and O–H groups in total. The van der Waals surface area contributed by atoms with Gasteiger partial charge >= 0.3 is 0 Å². The van der Waals surface area contributed by atoms with Crippen molar-refractivity contribution in [2.75, 3.05) is 0 Å². The Hall–Kier alpha value is -2.83. The predicted molar refractivity (Wildman–Crippen MR) is 120 cm³/mol. The molecule has 28 heavy (non-hydrogen) atoms. The molecule has 0 saturated heterocycles. The first kappa shape index (κ1) is 17.3. The van der Waals surface area contributed by atoms with Gasteiger partial charge in [-0.3, -0.25) is 0 Å². The average Bonchev–Trinajstić information content (AvgIpc) is 2.97. The van der Waals surface area contributed by atoms with E-state index in [1.54, 1.807) is 0 Å². The summed E-state index contributed by atoms with van der Waals surface area (Å²) in [5.41, 5.74) is 10.5. The number of fused-ring (bicyclic) bond motifs is 3. The molecular weight excluding hydrogens is 360 g/mol. The molecule has 0 saturated carbocycles. The fourth-order valence-corrected chi connectivity index (χ4v) is 4.63. The molecule has 4 aromatic carbocycles. The molecule has 1 heteroatoms. The van der Waals surface area contributed by atoms with Crippen molar-refractivity contribution in [1.29, 1.82) is 0 Å². The maximum absolute atomic E-state index is 6.06. The third kappa shape index (κ3) is 2.60. The van der Waals surface area contributed by atoms with Gasteiger partial charge in [-0.15, -0.1) is 0 Å². The van der Waals surface area contributed by atoms with Crippen molar-refractivity contribution in [3.05, 3.63) is 107 Å². The van der Waals surface area contributed by atoms with Crippen LogP contribution in [0.3, 0.4) is 0 Å². The summed E-state index contributed by atoms with van der Waals surface area (Å²) in [4.78, 5) is 0. The largest absolute Gasteiger partial charge is 0.0843 e. The van der Waals surface area contributed by atoms with Crippen LogP contribution in [0.5, 0.6) is 0 Å². The van der Waals surface area contributed by atoms with Crippen molar-refractivity contribution in [1.82, 2.24) is 0 Å². The van der Waals surface area contributed by atoms with E-state index in [4.69, 9.17) is 11.6 Å². The SMILES string of the molecule is CC1(C)c2ccccc2-c2c(-c3cccc(-c4ccc(Cl)cc4)c3)cccc21. The molecule has 0 radical (unpaired) electrons. The van der Waals surface area contributed by atoms with Gasteiger partial charge in [-0.1, -0.05) is 98.2 Å². The lowest BCUT2D eigenvalue weighted by Crippen LogP contribution is -2.14. The maximum Gasteiger partial charge on any atom is 0.0406 e. The first-order chi connectivity index (χ1) is 13.6. The summed E-state index contributed by atoms with van der Waals surface area (Å²) in [6, 6.07) is 32.4. The second-order valence-electron chi connectivity index (χ2n) is 7.99. The normalized spacial score (nSPS) is 13.8. The highest BCUT2D eigenvalue weighted by Crippen LogP contribution is 2.51. The predicted octanol–water partition coefficient (Wildman–Crippen LogP) is 7.98. The van der Waals surface area contributed by atoms with Gasteiger partial charge in [0.25, 0.3) is 0 Å². The highest BCUT2D eigenvalue weighted by molar-refractivity contribution is 6.30. The van der Waals surface area contributed by atoms with E-state index < -0.39 is 0 Å². The molecule has 1 aliphatic carbocycles. The lowest BCUT2D eigenvalue weighted by atomic mass is 9.82. The van der Waals surface area contributed by atoms with Gasteiger partial charge in [-0.2, -0.15) is 0 Å². The first-order valence-corrected chi connectivity index (χ1v) is 10.0. The first-order valence-electron chi connectivity index (χ1n) is 9.65. The van der Waals surface area contributed by atoms with Gasteiger partial charge in [0.1, 0.15) is 0 Å². The van der Waals surface area contributed by atoms with Crippen LogP contribution in [-0.2, 0) is 5.41 Å². The Morgan fingerprint density at radius 3 is 2.04 bits per heavy atom.